The van der Waals surface area contributed by atoms with Crippen LogP contribution in [0.3, 0.4) is 0 Å². The molecule has 1 fully saturated rings. The lowest BCUT2D eigenvalue weighted by atomic mass is 9.92. The van der Waals surface area contributed by atoms with E-state index in [-0.39, 0.29) is 18.1 Å². The van der Waals surface area contributed by atoms with Crippen LogP contribution in [0.4, 0.5) is 0 Å². The van der Waals surface area contributed by atoms with Crippen molar-refractivity contribution in [1.29, 1.82) is 0 Å². The van der Waals surface area contributed by atoms with Gasteiger partial charge < -0.3 is 10.0 Å². The minimum atomic E-state index is -0.306. The van der Waals surface area contributed by atoms with Crippen molar-refractivity contribution in [1.82, 2.24) is 4.90 Å². The Labute approximate surface area is 103 Å². The summed E-state index contributed by atoms with van der Waals surface area (Å²) < 4.78 is 0. The number of hydrogen-bond donors (Lipinski definition) is 1. The molecule has 1 saturated heterocycles. The first-order chi connectivity index (χ1) is 8.18. The third-order valence-electron chi connectivity index (χ3n) is 3.89. The number of allylic oxidation sites excluding steroid dienone is 2. The van der Waals surface area contributed by atoms with E-state index < -0.39 is 0 Å². The van der Waals surface area contributed by atoms with Crippen LogP contribution < -0.4 is 0 Å². The highest BCUT2D eigenvalue weighted by Gasteiger charge is 2.33. The first-order valence-electron chi connectivity index (χ1n) is 6.82. The molecular formula is C14H23NO2. The monoisotopic (exact) mass is 237 g/mol. The van der Waals surface area contributed by atoms with Gasteiger partial charge in [0.05, 0.1) is 6.10 Å². The van der Waals surface area contributed by atoms with Crippen LogP contribution in [0.1, 0.15) is 45.4 Å². The van der Waals surface area contributed by atoms with Gasteiger partial charge in [-0.3, -0.25) is 4.79 Å². The Morgan fingerprint density at radius 3 is 2.94 bits per heavy atom. The molecule has 1 amide bonds. The van der Waals surface area contributed by atoms with E-state index in [0.29, 0.717) is 5.91 Å². The Hall–Kier alpha value is -0.830. The fraction of sp³-hybridized carbons (Fsp3) is 0.786. The molecule has 0 saturated carbocycles. The summed E-state index contributed by atoms with van der Waals surface area (Å²) in [6.07, 6.45) is 9.79. The number of hydrogen-bond acceptors (Lipinski definition) is 2. The van der Waals surface area contributed by atoms with E-state index in [4.69, 9.17) is 0 Å². The first-order valence-corrected chi connectivity index (χ1v) is 6.82. The molecule has 96 valence electrons. The molecule has 1 heterocycles. The molecule has 1 N–H and O–H groups in total. The van der Waals surface area contributed by atoms with Crippen LogP contribution in [0, 0.1) is 5.92 Å². The zero-order valence-corrected chi connectivity index (χ0v) is 10.6. The molecule has 0 spiro atoms. The van der Waals surface area contributed by atoms with Gasteiger partial charge in [0.15, 0.2) is 0 Å². The molecule has 0 aromatic heterocycles. The summed E-state index contributed by atoms with van der Waals surface area (Å²) >= 11 is 0. The Morgan fingerprint density at radius 1 is 1.47 bits per heavy atom. The van der Waals surface area contributed by atoms with Crippen LogP contribution in [0.2, 0.25) is 0 Å². The fourth-order valence-electron chi connectivity index (χ4n) is 3.02. The summed E-state index contributed by atoms with van der Waals surface area (Å²) in [6.45, 7) is 2.70. The molecule has 3 heteroatoms. The van der Waals surface area contributed by atoms with Gasteiger partial charge in [-0.25, -0.2) is 0 Å². The summed E-state index contributed by atoms with van der Waals surface area (Å²) in [4.78, 5) is 14.4. The lowest BCUT2D eigenvalue weighted by Gasteiger charge is -2.30. The van der Waals surface area contributed by atoms with Gasteiger partial charge in [0.1, 0.15) is 0 Å². The molecule has 0 aromatic rings. The van der Waals surface area contributed by atoms with E-state index in [1.54, 1.807) is 0 Å². The molecule has 3 unspecified atom stereocenters. The highest BCUT2D eigenvalue weighted by molar-refractivity contribution is 5.79. The Balaban J connectivity index is 1.95. The molecule has 3 nitrogen and oxygen atoms in total. The minimum absolute atomic E-state index is 0.189. The Morgan fingerprint density at radius 2 is 2.29 bits per heavy atom. The van der Waals surface area contributed by atoms with E-state index in [1.165, 1.54) is 0 Å². The van der Waals surface area contributed by atoms with Crippen LogP contribution in [0.15, 0.2) is 12.2 Å². The lowest BCUT2D eigenvalue weighted by molar-refractivity contribution is -0.137. The minimum Gasteiger partial charge on any atom is -0.393 e. The van der Waals surface area contributed by atoms with Gasteiger partial charge in [-0.1, -0.05) is 12.2 Å². The fourth-order valence-corrected chi connectivity index (χ4v) is 3.02. The Kier molecular flexibility index (Phi) is 4.21. The number of aliphatic hydroxyl groups excluding tert-OH is 1. The molecule has 2 aliphatic rings. The number of likely N-dealkylation sites (tertiary alicyclic amines) is 1. The van der Waals surface area contributed by atoms with Crippen molar-refractivity contribution in [3.05, 3.63) is 12.2 Å². The number of carbonyl (C=O) groups is 1. The third kappa shape index (κ3) is 3.09. The van der Waals surface area contributed by atoms with Gasteiger partial charge in [-0.05, 0) is 45.4 Å². The van der Waals surface area contributed by atoms with E-state index in [0.717, 1.165) is 45.1 Å². The standard InChI is InChI=1S/C14H23NO2/c1-11(16)10-13-8-5-9-15(13)14(17)12-6-3-2-4-7-12/h2-3,11-13,16H,4-10H2,1H3. The summed E-state index contributed by atoms with van der Waals surface area (Å²) in [6, 6.07) is 0.272. The summed E-state index contributed by atoms with van der Waals surface area (Å²) in [7, 11) is 0. The maximum atomic E-state index is 12.4. The van der Waals surface area contributed by atoms with Crippen LogP contribution >= 0.6 is 0 Å². The maximum absolute atomic E-state index is 12.4. The largest absolute Gasteiger partial charge is 0.393 e. The number of carbonyl (C=O) groups excluding carboxylic acids is 1. The van der Waals surface area contributed by atoms with Crippen LogP contribution in [0.25, 0.3) is 0 Å². The van der Waals surface area contributed by atoms with Gasteiger partial charge >= 0.3 is 0 Å². The summed E-state index contributed by atoms with van der Waals surface area (Å²) in [5.41, 5.74) is 0. The molecule has 0 aromatic carbocycles. The molecule has 0 bridgehead atoms. The molecule has 3 atom stereocenters. The number of aliphatic hydroxyl groups is 1. The second-order valence-corrected chi connectivity index (χ2v) is 5.39. The summed E-state index contributed by atoms with van der Waals surface area (Å²) in [5, 5.41) is 9.47. The van der Waals surface area contributed by atoms with Gasteiger partial charge in [0.25, 0.3) is 0 Å². The maximum Gasteiger partial charge on any atom is 0.226 e. The van der Waals surface area contributed by atoms with Crippen molar-refractivity contribution in [3.8, 4) is 0 Å². The third-order valence-corrected chi connectivity index (χ3v) is 3.89. The van der Waals surface area contributed by atoms with Crippen LogP contribution in [0.5, 0.6) is 0 Å². The van der Waals surface area contributed by atoms with Crippen molar-refractivity contribution >= 4 is 5.91 Å². The number of nitrogens with zero attached hydrogens (tertiary/aromatic N) is 1. The second kappa shape index (κ2) is 5.67. The zero-order valence-electron chi connectivity index (χ0n) is 10.6. The highest BCUT2D eigenvalue weighted by atomic mass is 16.3. The predicted octanol–water partition coefficient (Wildman–Crippen LogP) is 2.10. The van der Waals surface area contributed by atoms with E-state index in [1.807, 2.05) is 11.8 Å². The normalized spacial score (nSPS) is 30.6. The molecule has 2 rings (SSSR count). The van der Waals surface area contributed by atoms with Gasteiger partial charge in [0, 0.05) is 18.5 Å². The first kappa shape index (κ1) is 12.6. The van der Waals surface area contributed by atoms with Crippen molar-refractivity contribution in [3.63, 3.8) is 0 Å². The average molecular weight is 237 g/mol. The lowest BCUT2D eigenvalue weighted by Crippen LogP contribution is -2.41. The quantitative estimate of drug-likeness (QED) is 0.764. The van der Waals surface area contributed by atoms with Gasteiger partial charge in [-0.2, -0.15) is 0 Å². The average Bonchev–Trinajstić information content (AvgIpc) is 2.76. The molecule has 17 heavy (non-hydrogen) atoms. The Bertz CT molecular complexity index is 299. The van der Waals surface area contributed by atoms with Crippen molar-refractivity contribution in [2.45, 2.75) is 57.6 Å². The zero-order chi connectivity index (χ0) is 12.3. The highest BCUT2D eigenvalue weighted by Crippen LogP contribution is 2.27. The second-order valence-electron chi connectivity index (χ2n) is 5.39. The van der Waals surface area contributed by atoms with E-state index in [9.17, 15) is 9.90 Å². The smallest absolute Gasteiger partial charge is 0.226 e. The van der Waals surface area contributed by atoms with Crippen molar-refractivity contribution < 1.29 is 9.90 Å². The van der Waals surface area contributed by atoms with Gasteiger partial charge in [-0.15, -0.1) is 0 Å². The van der Waals surface area contributed by atoms with Crippen LogP contribution in [-0.2, 0) is 4.79 Å². The van der Waals surface area contributed by atoms with Crippen molar-refractivity contribution in [2.24, 2.45) is 5.92 Å². The van der Waals surface area contributed by atoms with E-state index >= 15 is 0 Å². The molecular weight excluding hydrogens is 214 g/mol. The van der Waals surface area contributed by atoms with Crippen LogP contribution in [-0.4, -0.2) is 34.6 Å². The number of amides is 1. The van der Waals surface area contributed by atoms with Gasteiger partial charge in [0.2, 0.25) is 5.91 Å². The molecule has 0 radical (unpaired) electrons. The predicted molar refractivity (Wildman–Crippen MR) is 67.5 cm³/mol. The number of rotatable bonds is 3. The summed E-state index contributed by atoms with van der Waals surface area (Å²) in [5.74, 6) is 0.507. The molecule has 1 aliphatic carbocycles. The SMILES string of the molecule is CC(O)CC1CCCN1C(=O)C1CC=CCC1. The van der Waals surface area contributed by atoms with Crippen molar-refractivity contribution in [2.75, 3.05) is 6.54 Å². The molecule has 1 aliphatic heterocycles. The van der Waals surface area contributed by atoms with E-state index in [2.05, 4.69) is 12.2 Å². The topological polar surface area (TPSA) is 40.5 Å².